The van der Waals surface area contributed by atoms with Crippen LogP contribution in [0.1, 0.15) is 62.5 Å². The molecule has 1 aromatic rings. The van der Waals surface area contributed by atoms with Crippen molar-refractivity contribution in [1.82, 2.24) is 15.1 Å². The molecule has 0 spiro atoms. The van der Waals surface area contributed by atoms with Crippen LogP contribution in [-0.4, -0.2) is 16.3 Å². The fourth-order valence-corrected chi connectivity index (χ4v) is 2.49. The lowest BCUT2D eigenvalue weighted by atomic mass is 9.98. The molecule has 0 aliphatic carbocycles. The Labute approximate surface area is 106 Å². The van der Waals surface area contributed by atoms with Gasteiger partial charge in [-0.1, -0.05) is 33.1 Å². The number of nitrogens with zero attached hydrogens (tertiary/aromatic N) is 2. The zero-order valence-corrected chi connectivity index (χ0v) is 12.0. The second-order valence-electron chi connectivity index (χ2n) is 4.81. The summed E-state index contributed by atoms with van der Waals surface area (Å²) in [6.07, 6.45) is 5.11. The van der Waals surface area contributed by atoms with Gasteiger partial charge in [-0.3, -0.25) is 4.68 Å². The molecule has 1 N–H and O–H groups in total. The van der Waals surface area contributed by atoms with Crippen LogP contribution >= 0.6 is 0 Å². The number of aryl methyl sites for hydroxylation is 2. The van der Waals surface area contributed by atoms with Crippen LogP contribution < -0.4 is 5.32 Å². The van der Waals surface area contributed by atoms with E-state index in [4.69, 9.17) is 0 Å². The van der Waals surface area contributed by atoms with Gasteiger partial charge in [0.1, 0.15) is 0 Å². The monoisotopic (exact) mass is 237 g/mol. The van der Waals surface area contributed by atoms with Crippen LogP contribution in [0.5, 0.6) is 0 Å². The van der Waals surface area contributed by atoms with Gasteiger partial charge < -0.3 is 5.32 Å². The third kappa shape index (κ3) is 3.56. The Balaban J connectivity index is 2.81. The average Bonchev–Trinajstić information content (AvgIpc) is 2.53. The van der Waals surface area contributed by atoms with Crippen LogP contribution in [0.15, 0.2) is 0 Å². The van der Waals surface area contributed by atoms with E-state index in [1.54, 1.807) is 0 Å². The molecule has 1 heterocycles. The standard InChI is InChI=1S/C14H27N3/c1-6-8-9-10-13(15-7-2)14-11(3)16-17(5)12(14)4/h13,15H,6-10H2,1-5H3. The summed E-state index contributed by atoms with van der Waals surface area (Å²) in [7, 11) is 2.03. The Hall–Kier alpha value is -0.830. The van der Waals surface area contributed by atoms with Crippen LogP contribution in [-0.2, 0) is 7.05 Å². The number of aromatic nitrogens is 2. The molecule has 0 saturated carbocycles. The summed E-state index contributed by atoms with van der Waals surface area (Å²) in [5.41, 5.74) is 3.88. The largest absolute Gasteiger partial charge is 0.310 e. The van der Waals surface area contributed by atoms with E-state index < -0.39 is 0 Å². The molecule has 0 amide bonds. The third-order valence-electron chi connectivity index (χ3n) is 3.46. The van der Waals surface area contributed by atoms with Crippen LogP contribution in [0.2, 0.25) is 0 Å². The quantitative estimate of drug-likeness (QED) is 0.738. The number of rotatable bonds is 7. The second-order valence-corrected chi connectivity index (χ2v) is 4.81. The molecule has 0 bridgehead atoms. The minimum absolute atomic E-state index is 0.472. The minimum Gasteiger partial charge on any atom is -0.310 e. The summed E-state index contributed by atoms with van der Waals surface area (Å²) in [6, 6.07) is 0.472. The molecule has 1 rings (SSSR count). The number of nitrogens with one attached hydrogen (secondary N) is 1. The van der Waals surface area contributed by atoms with Crippen LogP contribution in [0.25, 0.3) is 0 Å². The molecule has 3 nitrogen and oxygen atoms in total. The lowest BCUT2D eigenvalue weighted by Crippen LogP contribution is -2.22. The third-order valence-corrected chi connectivity index (χ3v) is 3.46. The predicted molar refractivity (Wildman–Crippen MR) is 73.2 cm³/mol. The van der Waals surface area contributed by atoms with E-state index in [0.717, 1.165) is 6.54 Å². The summed E-state index contributed by atoms with van der Waals surface area (Å²) < 4.78 is 1.99. The van der Waals surface area contributed by atoms with Gasteiger partial charge in [0.05, 0.1) is 5.69 Å². The van der Waals surface area contributed by atoms with Crippen molar-refractivity contribution in [3.05, 3.63) is 17.0 Å². The molecular weight excluding hydrogens is 210 g/mol. The van der Waals surface area contributed by atoms with Gasteiger partial charge in [0, 0.05) is 24.3 Å². The average molecular weight is 237 g/mol. The van der Waals surface area contributed by atoms with Crippen molar-refractivity contribution in [2.24, 2.45) is 7.05 Å². The van der Waals surface area contributed by atoms with Crippen molar-refractivity contribution in [1.29, 1.82) is 0 Å². The zero-order valence-electron chi connectivity index (χ0n) is 12.0. The second kappa shape index (κ2) is 6.80. The van der Waals surface area contributed by atoms with Crippen molar-refractivity contribution in [3.63, 3.8) is 0 Å². The van der Waals surface area contributed by atoms with E-state index in [0.29, 0.717) is 6.04 Å². The van der Waals surface area contributed by atoms with Crippen LogP contribution in [0.4, 0.5) is 0 Å². The van der Waals surface area contributed by atoms with Gasteiger partial charge in [-0.05, 0) is 26.8 Å². The summed E-state index contributed by atoms with van der Waals surface area (Å²) in [6.45, 7) is 9.73. The molecule has 1 aromatic heterocycles. The van der Waals surface area contributed by atoms with Gasteiger partial charge in [0.15, 0.2) is 0 Å². The van der Waals surface area contributed by atoms with Gasteiger partial charge in [-0.15, -0.1) is 0 Å². The Bertz CT molecular complexity index is 341. The van der Waals surface area contributed by atoms with Gasteiger partial charge in [0.25, 0.3) is 0 Å². The summed E-state index contributed by atoms with van der Waals surface area (Å²) in [5, 5.41) is 8.12. The van der Waals surface area contributed by atoms with E-state index in [2.05, 4.69) is 38.1 Å². The molecule has 1 unspecified atom stereocenters. The number of hydrogen-bond donors (Lipinski definition) is 1. The molecule has 1 atom stereocenters. The first-order valence-corrected chi connectivity index (χ1v) is 6.85. The number of unbranched alkanes of at least 4 members (excludes halogenated alkanes) is 2. The molecule has 0 aliphatic heterocycles. The van der Waals surface area contributed by atoms with Crippen molar-refractivity contribution in [2.75, 3.05) is 6.54 Å². The maximum absolute atomic E-state index is 4.52. The van der Waals surface area contributed by atoms with Crippen molar-refractivity contribution < 1.29 is 0 Å². The lowest BCUT2D eigenvalue weighted by molar-refractivity contribution is 0.482. The van der Waals surface area contributed by atoms with Crippen molar-refractivity contribution >= 4 is 0 Å². The first-order chi connectivity index (χ1) is 8.11. The van der Waals surface area contributed by atoms with Gasteiger partial charge in [-0.2, -0.15) is 5.10 Å². The van der Waals surface area contributed by atoms with Crippen molar-refractivity contribution in [3.8, 4) is 0 Å². The summed E-state index contributed by atoms with van der Waals surface area (Å²) in [4.78, 5) is 0. The van der Waals surface area contributed by atoms with Crippen LogP contribution in [0, 0.1) is 13.8 Å². The highest BCUT2D eigenvalue weighted by atomic mass is 15.3. The number of hydrogen-bond acceptors (Lipinski definition) is 2. The highest BCUT2D eigenvalue weighted by molar-refractivity contribution is 5.28. The molecule has 0 aromatic carbocycles. The normalized spacial score (nSPS) is 13.0. The Morgan fingerprint density at radius 2 is 1.94 bits per heavy atom. The van der Waals surface area contributed by atoms with Crippen molar-refractivity contribution in [2.45, 2.75) is 59.4 Å². The summed E-state index contributed by atoms with van der Waals surface area (Å²) >= 11 is 0. The van der Waals surface area contributed by atoms with E-state index in [-0.39, 0.29) is 0 Å². The predicted octanol–water partition coefficient (Wildman–Crippen LogP) is 3.27. The van der Waals surface area contributed by atoms with Gasteiger partial charge in [-0.25, -0.2) is 0 Å². The summed E-state index contributed by atoms with van der Waals surface area (Å²) in [5.74, 6) is 0. The fraction of sp³-hybridized carbons (Fsp3) is 0.786. The molecule has 98 valence electrons. The Kier molecular flexibility index (Phi) is 5.69. The SMILES string of the molecule is CCCCCC(NCC)c1c(C)nn(C)c1C. The Morgan fingerprint density at radius 1 is 1.24 bits per heavy atom. The Morgan fingerprint density at radius 3 is 2.41 bits per heavy atom. The zero-order chi connectivity index (χ0) is 12.8. The lowest BCUT2D eigenvalue weighted by Gasteiger charge is -2.18. The molecule has 0 fully saturated rings. The smallest absolute Gasteiger partial charge is 0.0644 e. The molecule has 0 saturated heterocycles. The topological polar surface area (TPSA) is 29.9 Å². The fourth-order valence-electron chi connectivity index (χ4n) is 2.49. The maximum atomic E-state index is 4.52. The van der Waals surface area contributed by atoms with E-state index in [1.807, 2.05) is 11.7 Å². The molecule has 0 aliphatic rings. The molecule has 3 heteroatoms. The van der Waals surface area contributed by atoms with E-state index >= 15 is 0 Å². The first-order valence-electron chi connectivity index (χ1n) is 6.85. The van der Waals surface area contributed by atoms with Gasteiger partial charge in [0.2, 0.25) is 0 Å². The highest BCUT2D eigenvalue weighted by Crippen LogP contribution is 2.25. The van der Waals surface area contributed by atoms with E-state index in [1.165, 1.54) is 42.6 Å². The molecule has 17 heavy (non-hydrogen) atoms. The van der Waals surface area contributed by atoms with Crippen LogP contribution in [0.3, 0.4) is 0 Å². The first kappa shape index (κ1) is 14.2. The van der Waals surface area contributed by atoms with Gasteiger partial charge >= 0.3 is 0 Å². The maximum Gasteiger partial charge on any atom is 0.0644 e. The highest BCUT2D eigenvalue weighted by Gasteiger charge is 2.18. The van der Waals surface area contributed by atoms with E-state index in [9.17, 15) is 0 Å². The molecule has 0 radical (unpaired) electrons. The molecular formula is C14H27N3. The minimum atomic E-state index is 0.472.